The van der Waals surface area contributed by atoms with Crippen molar-refractivity contribution in [3.05, 3.63) is 53.1 Å². The van der Waals surface area contributed by atoms with Gasteiger partial charge in [0.2, 0.25) is 0 Å². The summed E-state index contributed by atoms with van der Waals surface area (Å²) in [5.41, 5.74) is 3.99. The Bertz CT molecular complexity index is 730. The van der Waals surface area contributed by atoms with Crippen LogP contribution in [0.15, 0.2) is 30.5 Å². The SMILES string of the molecule is CCn1c(C)cc(C(=O)N(Cc2ccccn2)C2CCCNCC2)c1C. The minimum Gasteiger partial charge on any atom is -0.349 e. The van der Waals surface area contributed by atoms with Crippen LogP contribution in [0.25, 0.3) is 0 Å². The normalized spacial score (nSPS) is 17.7. The van der Waals surface area contributed by atoms with Crippen molar-refractivity contribution >= 4 is 5.91 Å². The lowest BCUT2D eigenvalue weighted by Crippen LogP contribution is -2.40. The number of nitrogens with zero attached hydrogens (tertiary/aromatic N) is 3. The molecule has 0 saturated carbocycles. The number of pyridine rings is 1. The summed E-state index contributed by atoms with van der Waals surface area (Å²) in [4.78, 5) is 20.0. The van der Waals surface area contributed by atoms with Gasteiger partial charge in [-0.15, -0.1) is 0 Å². The summed E-state index contributed by atoms with van der Waals surface area (Å²) < 4.78 is 2.21. The zero-order valence-electron chi connectivity index (χ0n) is 16.2. The summed E-state index contributed by atoms with van der Waals surface area (Å²) in [6.45, 7) is 9.70. The highest BCUT2D eigenvalue weighted by Crippen LogP contribution is 2.23. The van der Waals surface area contributed by atoms with Crippen LogP contribution in [0.5, 0.6) is 0 Å². The van der Waals surface area contributed by atoms with Gasteiger partial charge in [0, 0.05) is 30.2 Å². The topological polar surface area (TPSA) is 50.2 Å². The van der Waals surface area contributed by atoms with Crippen LogP contribution in [0.4, 0.5) is 0 Å². The smallest absolute Gasteiger partial charge is 0.256 e. The van der Waals surface area contributed by atoms with Crippen LogP contribution in [0.1, 0.15) is 53.6 Å². The Morgan fingerprint density at radius 2 is 2.15 bits per heavy atom. The van der Waals surface area contributed by atoms with Crippen molar-refractivity contribution in [2.75, 3.05) is 13.1 Å². The summed E-state index contributed by atoms with van der Waals surface area (Å²) in [5, 5.41) is 3.45. The first kappa shape index (κ1) is 18.6. The molecule has 1 aliphatic heterocycles. The molecule has 0 aliphatic carbocycles. The fourth-order valence-electron chi connectivity index (χ4n) is 4.00. The summed E-state index contributed by atoms with van der Waals surface area (Å²) in [5.74, 6) is 0.135. The number of hydrogen-bond donors (Lipinski definition) is 1. The maximum absolute atomic E-state index is 13.5. The maximum Gasteiger partial charge on any atom is 0.256 e. The Morgan fingerprint density at radius 3 is 2.85 bits per heavy atom. The fourth-order valence-corrected chi connectivity index (χ4v) is 4.00. The van der Waals surface area contributed by atoms with Gasteiger partial charge in [-0.25, -0.2) is 0 Å². The number of rotatable bonds is 5. The molecule has 0 spiro atoms. The lowest BCUT2D eigenvalue weighted by Gasteiger charge is -2.31. The van der Waals surface area contributed by atoms with E-state index in [1.165, 1.54) is 0 Å². The van der Waals surface area contributed by atoms with E-state index >= 15 is 0 Å². The minimum atomic E-state index is 0.135. The predicted molar refractivity (Wildman–Crippen MR) is 104 cm³/mol. The van der Waals surface area contributed by atoms with Gasteiger partial charge < -0.3 is 14.8 Å². The molecular weight excluding hydrogens is 324 g/mol. The third-order valence-electron chi connectivity index (χ3n) is 5.43. The average Bonchev–Trinajstić information content (AvgIpc) is 2.83. The van der Waals surface area contributed by atoms with Crippen molar-refractivity contribution in [1.29, 1.82) is 0 Å². The molecule has 1 N–H and O–H groups in total. The standard InChI is InChI=1S/C21H30N4O/c1-4-24-16(2)14-20(17(24)3)21(26)25(15-18-8-5-6-12-23-18)19-9-7-11-22-13-10-19/h5-6,8,12,14,19,22H,4,7,9-11,13,15H2,1-3H3. The third-order valence-corrected chi connectivity index (χ3v) is 5.43. The molecule has 1 aliphatic rings. The van der Waals surface area contributed by atoms with Gasteiger partial charge in [0.1, 0.15) is 0 Å². The third kappa shape index (κ3) is 3.98. The van der Waals surface area contributed by atoms with Gasteiger partial charge in [0.15, 0.2) is 0 Å². The van der Waals surface area contributed by atoms with Crippen LogP contribution >= 0.6 is 0 Å². The second kappa shape index (κ2) is 8.49. The van der Waals surface area contributed by atoms with E-state index in [0.717, 1.165) is 61.5 Å². The largest absolute Gasteiger partial charge is 0.349 e. The first-order chi connectivity index (χ1) is 12.6. The molecule has 140 valence electrons. The van der Waals surface area contributed by atoms with Crippen molar-refractivity contribution in [2.24, 2.45) is 0 Å². The molecule has 2 aromatic heterocycles. The molecular formula is C21H30N4O. The monoisotopic (exact) mass is 354 g/mol. The summed E-state index contributed by atoms with van der Waals surface area (Å²) in [6, 6.07) is 8.21. The van der Waals surface area contributed by atoms with Gasteiger partial charge >= 0.3 is 0 Å². The van der Waals surface area contributed by atoms with E-state index in [1.807, 2.05) is 24.3 Å². The molecule has 0 radical (unpaired) electrons. The van der Waals surface area contributed by atoms with E-state index in [1.54, 1.807) is 6.20 Å². The number of hydrogen-bond acceptors (Lipinski definition) is 3. The van der Waals surface area contributed by atoms with E-state index in [2.05, 4.69) is 40.5 Å². The van der Waals surface area contributed by atoms with E-state index < -0.39 is 0 Å². The second-order valence-corrected chi connectivity index (χ2v) is 7.12. The molecule has 5 heteroatoms. The highest BCUT2D eigenvalue weighted by molar-refractivity contribution is 5.96. The molecule has 0 bridgehead atoms. The predicted octanol–water partition coefficient (Wildman–Crippen LogP) is 3.30. The van der Waals surface area contributed by atoms with Gasteiger partial charge in [-0.1, -0.05) is 6.07 Å². The molecule has 26 heavy (non-hydrogen) atoms. The van der Waals surface area contributed by atoms with E-state index in [4.69, 9.17) is 0 Å². The quantitative estimate of drug-likeness (QED) is 0.896. The molecule has 0 aromatic carbocycles. The molecule has 3 heterocycles. The number of carbonyl (C=O) groups excluding carboxylic acids is 1. The van der Waals surface area contributed by atoms with Gasteiger partial charge in [0.25, 0.3) is 5.91 Å². The number of amides is 1. The van der Waals surface area contributed by atoms with Crippen LogP contribution in [0.2, 0.25) is 0 Å². The molecule has 1 unspecified atom stereocenters. The van der Waals surface area contributed by atoms with Crippen LogP contribution in [0, 0.1) is 13.8 Å². The summed E-state index contributed by atoms with van der Waals surface area (Å²) >= 11 is 0. The molecule has 1 atom stereocenters. The molecule has 1 amide bonds. The molecule has 3 rings (SSSR count). The van der Waals surface area contributed by atoms with Crippen molar-refractivity contribution < 1.29 is 4.79 Å². The van der Waals surface area contributed by atoms with Crippen LogP contribution in [-0.2, 0) is 13.1 Å². The lowest BCUT2D eigenvalue weighted by atomic mass is 10.0. The number of aromatic nitrogens is 2. The van der Waals surface area contributed by atoms with Crippen molar-refractivity contribution in [1.82, 2.24) is 19.8 Å². The summed E-state index contributed by atoms with van der Waals surface area (Å²) in [7, 11) is 0. The Labute approximate surface area is 156 Å². The molecule has 1 fully saturated rings. The first-order valence-electron chi connectivity index (χ1n) is 9.70. The number of nitrogens with one attached hydrogen (secondary N) is 1. The van der Waals surface area contributed by atoms with Gasteiger partial charge in [0.05, 0.1) is 17.8 Å². The maximum atomic E-state index is 13.5. The first-order valence-corrected chi connectivity index (χ1v) is 9.70. The zero-order valence-corrected chi connectivity index (χ0v) is 16.2. The highest BCUT2D eigenvalue weighted by Gasteiger charge is 2.28. The lowest BCUT2D eigenvalue weighted by molar-refractivity contribution is 0.0641. The van der Waals surface area contributed by atoms with Crippen LogP contribution < -0.4 is 5.32 Å². The van der Waals surface area contributed by atoms with Crippen LogP contribution in [0.3, 0.4) is 0 Å². The molecule has 2 aromatic rings. The Hall–Kier alpha value is -2.14. The van der Waals surface area contributed by atoms with E-state index in [-0.39, 0.29) is 11.9 Å². The average molecular weight is 354 g/mol. The van der Waals surface area contributed by atoms with Crippen molar-refractivity contribution in [3.8, 4) is 0 Å². The van der Waals surface area contributed by atoms with Gasteiger partial charge in [-0.3, -0.25) is 9.78 Å². The Kier molecular flexibility index (Phi) is 6.09. The number of carbonyl (C=O) groups is 1. The van der Waals surface area contributed by atoms with Crippen molar-refractivity contribution in [2.45, 2.75) is 59.2 Å². The second-order valence-electron chi connectivity index (χ2n) is 7.12. The highest BCUT2D eigenvalue weighted by atomic mass is 16.2. The zero-order chi connectivity index (χ0) is 18.5. The summed E-state index contributed by atoms with van der Waals surface area (Å²) in [6.07, 6.45) is 4.93. The fraction of sp³-hybridized carbons (Fsp3) is 0.524. The molecule has 5 nitrogen and oxygen atoms in total. The van der Waals surface area contributed by atoms with Crippen molar-refractivity contribution in [3.63, 3.8) is 0 Å². The molecule has 1 saturated heterocycles. The van der Waals surface area contributed by atoms with E-state index in [0.29, 0.717) is 6.54 Å². The van der Waals surface area contributed by atoms with E-state index in [9.17, 15) is 4.79 Å². The Morgan fingerprint density at radius 1 is 1.31 bits per heavy atom. The Balaban J connectivity index is 1.92. The number of aryl methyl sites for hydroxylation is 1. The minimum absolute atomic E-state index is 0.135. The van der Waals surface area contributed by atoms with Gasteiger partial charge in [-0.2, -0.15) is 0 Å². The van der Waals surface area contributed by atoms with Crippen LogP contribution in [-0.4, -0.2) is 39.5 Å². The van der Waals surface area contributed by atoms with Gasteiger partial charge in [-0.05, 0) is 71.3 Å².